The van der Waals surface area contributed by atoms with Gasteiger partial charge in [0, 0.05) is 5.02 Å². The second kappa shape index (κ2) is 3.53. The minimum absolute atomic E-state index is 0.0643. The number of sulfone groups is 1. The lowest BCUT2D eigenvalue weighted by Gasteiger charge is -2.17. The Morgan fingerprint density at radius 1 is 1.21 bits per heavy atom. The Morgan fingerprint density at radius 3 is 2.00 bits per heavy atom. The Bertz CT molecular complexity index is 414. The van der Waals surface area contributed by atoms with Crippen molar-refractivity contribution >= 4 is 21.4 Å². The first kappa shape index (κ1) is 11.5. The Kier molecular flexibility index (Phi) is 2.90. The topological polar surface area (TPSA) is 54.4 Å². The lowest BCUT2D eigenvalue weighted by molar-refractivity contribution is 0.165. The maximum absolute atomic E-state index is 11.7. The molecule has 5 heteroatoms. The molecule has 0 saturated heterocycles. The monoisotopic (exact) mass is 234 g/mol. The number of halogens is 1. The van der Waals surface area contributed by atoms with Crippen molar-refractivity contribution in [1.29, 1.82) is 0 Å². The number of hydrogen-bond acceptors (Lipinski definition) is 3. The summed E-state index contributed by atoms with van der Waals surface area (Å²) < 4.78 is 23.3. The zero-order chi connectivity index (χ0) is 11.0. The van der Waals surface area contributed by atoms with Gasteiger partial charge in [0.25, 0.3) is 0 Å². The predicted molar refractivity (Wildman–Crippen MR) is 54.9 cm³/mol. The van der Waals surface area contributed by atoms with Crippen molar-refractivity contribution in [1.82, 2.24) is 0 Å². The Balaban J connectivity index is 3.25. The lowest BCUT2D eigenvalue weighted by Crippen LogP contribution is -2.31. The second-order valence-corrected chi connectivity index (χ2v) is 6.32. The van der Waals surface area contributed by atoms with E-state index < -0.39 is 14.8 Å². The van der Waals surface area contributed by atoms with Gasteiger partial charge in [0.1, 0.15) is 0 Å². The van der Waals surface area contributed by atoms with Crippen LogP contribution in [-0.4, -0.2) is 18.5 Å². The smallest absolute Gasteiger partial charge is 0.207 e. The molecule has 0 fully saturated rings. The maximum atomic E-state index is 11.7. The van der Waals surface area contributed by atoms with Crippen LogP contribution < -0.4 is 0 Å². The minimum Gasteiger partial charge on any atom is -0.374 e. The van der Waals surface area contributed by atoms with Crippen LogP contribution in [-0.2, 0) is 9.84 Å². The minimum atomic E-state index is -3.70. The van der Waals surface area contributed by atoms with Crippen molar-refractivity contribution in [2.24, 2.45) is 0 Å². The third-order valence-electron chi connectivity index (χ3n) is 1.78. The fourth-order valence-electron chi connectivity index (χ4n) is 0.902. The molecule has 0 aliphatic rings. The van der Waals surface area contributed by atoms with Gasteiger partial charge in [-0.05, 0) is 38.1 Å². The van der Waals surface area contributed by atoms with E-state index in [2.05, 4.69) is 0 Å². The summed E-state index contributed by atoms with van der Waals surface area (Å²) >= 11 is 5.62. The molecule has 0 heterocycles. The molecule has 1 aromatic carbocycles. The van der Waals surface area contributed by atoms with Gasteiger partial charge in [-0.3, -0.25) is 0 Å². The zero-order valence-electron chi connectivity index (χ0n) is 7.86. The van der Waals surface area contributed by atoms with E-state index in [9.17, 15) is 13.5 Å². The molecule has 0 atom stereocenters. The first-order valence-corrected chi connectivity index (χ1v) is 5.84. The summed E-state index contributed by atoms with van der Waals surface area (Å²) in [7, 11) is -3.70. The molecule has 1 rings (SSSR count). The van der Waals surface area contributed by atoms with Gasteiger partial charge in [-0.25, -0.2) is 8.42 Å². The molecule has 0 radical (unpaired) electrons. The van der Waals surface area contributed by atoms with Crippen molar-refractivity contribution < 1.29 is 13.5 Å². The first-order valence-electron chi connectivity index (χ1n) is 3.98. The van der Waals surface area contributed by atoms with Crippen LogP contribution in [0.25, 0.3) is 0 Å². The van der Waals surface area contributed by atoms with Crippen LogP contribution in [0.5, 0.6) is 0 Å². The predicted octanol–water partition coefficient (Wildman–Crippen LogP) is 1.84. The second-order valence-electron chi connectivity index (χ2n) is 3.40. The quantitative estimate of drug-likeness (QED) is 0.850. The van der Waals surface area contributed by atoms with Crippen molar-refractivity contribution in [2.45, 2.75) is 23.7 Å². The molecule has 78 valence electrons. The number of hydrogen-bond donors (Lipinski definition) is 1. The van der Waals surface area contributed by atoms with Crippen molar-refractivity contribution in [3.63, 3.8) is 0 Å². The van der Waals surface area contributed by atoms with Crippen LogP contribution in [0.1, 0.15) is 13.8 Å². The van der Waals surface area contributed by atoms with Gasteiger partial charge in [-0.15, -0.1) is 0 Å². The summed E-state index contributed by atoms with van der Waals surface area (Å²) in [6.07, 6.45) is 0. The fraction of sp³-hybridized carbons (Fsp3) is 0.333. The van der Waals surface area contributed by atoms with Crippen LogP contribution in [0, 0.1) is 0 Å². The van der Waals surface area contributed by atoms with Crippen molar-refractivity contribution in [3.05, 3.63) is 29.3 Å². The van der Waals surface area contributed by atoms with Gasteiger partial charge in [0.2, 0.25) is 9.84 Å². The maximum Gasteiger partial charge on any atom is 0.207 e. The van der Waals surface area contributed by atoms with Crippen LogP contribution in [0.2, 0.25) is 5.02 Å². The van der Waals surface area contributed by atoms with Crippen LogP contribution >= 0.6 is 11.6 Å². The van der Waals surface area contributed by atoms with Crippen LogP contribution in [0.15, 0.2) is 29.2 Å². The van der Waals surface area contributed by atoms with E-state index in [1.165, 1.54) is 38.1 Å². The molecule has 0 amide bonds. The molecular formula is C9H11ClO3S. The summed E-state index contributed by atoms with van der Waals surface area (Å²) in [6, 6.07) is 5.69. The van der Waals surface area contributed by atoms with E-state index in [4.69, 9.17) is 11.6 Å². The normalized spacial score (nSPS) is 12.9. The molecule has 0 aromatic heterocycles. The molecule has 14 heavy (non-hydrogen) atoms. The summed E-state index contributed by atoms with van der Waals surface area (Å²) in [5.74, 6) is 0. The van der Waals surface area contributed by atoms with Crippen LogP contribution in [0.4, 0.5) is 0 Å². The zero-order valence-corrected chi connectivity index (χ0v) is 9.43. The lowest BCUT2D eigenvalue weighted by atomic mass is 10.4. The summed E-state index contributed by atoms with van der Waals surface area (Å²) in [5.41, 5.74) is 0. The van der Waals surface area contributed by atoms with E-state index in [1.807, 2.05) is 0 Å². The van der Waals surface area contributed by atoms with Crippen LogP contribution in [0.3, 0.4) is 0 Å². The Hall–Kier alpha value is -0.580. The molecule has 0 unspecified atom stereocenters. The van der Waals surface area contributed by atoms with Crippen molar-refractivity contribution in [2.75, 3.05) is 0 Å². The first-order chi connectivity index (χ1) is 6.25. The highest BCUT2D eigenvalue weighted by Crippen LogP contribution is 2.23. The third kappa shape index (κ3) is 2.08. The van der Waals surface area contributed by atoms with Gasteiger partial charge in [0.15, 0.2) is 4.93 Å². The van der Waals surface area contributed by atoms with E-state index >= 15 is 0 Å². The SMILES string of the molecule is CC(C)(O)S(=O)(=O)c1ccc(Cl)cc1. The number of benzene rings is 1. The molecule has 0 bridgehead atoms. The summed E-state index contributed by atoms with van der Waals surface area (Å²) in [5, 5.41) is 9.91. The molecular weight excluding hydrogens is 224 g/mol. The molecule has 1 aromatic rings. The average Bonchev–Trinajstić information content (AvgIpc) is 2.03. The van der Waals surface area contributed by atoms with E-state index in [-0.39, 0.29) is 4.90 Å². The van der Waals surface area contributed by atoms with Gasteiger partial charge in [0.05, 0.1) is 4.90 Å². The van der Waals surface area contributed by atoms with Gasteiger partial charge in [-0.2, -0.15) is 0 Å². The highest BCUT2D eigenvalue weighted by atomic mass is 35.5. The summed E-state index contributed by atoms with van der Waals surface area (Å²) in [6.45, 7) is 2.47. The highest BCUT2D eigenvalue weighted by molar-refractivity contribution is 7.92. The number of aliphatic hydroxyl groups is 1. The molecule has 0 aliphatic carbocycles. The Morgan fingerprint density at radius 2 is 1.64 bits per heavy atom. The van der Waals surface area contributed by atoms with Gasteiger partial charge < -0.3 is 5.11 Å². The molecule has 1 N–H and O–H groups in total. The molecule has 0 spiro atoms. The molecule has 0 saturated carbocycles. The van der Waals surface area contributed by atoms with E-state index in [0.717, 1.165) is 0 Å². The van der Waals surface area contributed by atoms with E-state index in [1.54, 1.807) is 0 Å². The third-order valence-corrected chi connectivity index (χ3v) is 4.24. The standard InChI is InChI=1S/C9H11ClO3S/c1-9(2,11)14(12,13)8-5-3-7(10)4-6-8/h3-6,11H,1-2H3. The van der Waals surface area contributed by atoms with E-state index in [0.29, 0.717) is 5.02 Å². The van der Waals surface area contributed by atoms with Crippen molar-refractivity contribution in [3.8, 4) is 0 Å². The summed E-state index contributed by atoms with van der Waals surface area (Å²) in [4.78, 5) is -1.71. The van der Waals surface area contributed by atoms with Gasteiger partial charge in [-0.1, -0.05) is 11.6 Å². The molecule has 3 nitrogen and oxygen atoms in total. The van der Waals surface area contributed by atoms with Gasteiger partial charge >= 0.3 is 0 Å². The largest absolute Gasteiger partial charge is 0.374 e. The fourth-order valence-corrected chi connectivity index (χ4v) is 2.10. The number of rotatable bonds is 2. The molecule has 0 aliphatic heterocycles. The average molecular weight is 235 g/mol. The highest BCUT2D eigenvalue weighted by Gasteiger charge is 2.32. The Labute approximate surface area is 88.2 Å².